The molecule has 0 aliphatic heterocycles. The number of rotatable bonds is 2. The van der Waals surface area contributed by atoms with Gasteiger partial charge in [0.05, 0.1) is 7.11 Å². The van der Waals surface area contributed by atoms with Crippen LogP contribution in [-0.2, 0) is 4.74 Å². The third-order valence-electron chi connectivity index (χ3n) is 4.99. The molecule has 28 heavy (non-hydrogen) atoms. The molecule has 0 saturated heterocycles. The highest BCUT2D eigenvalue weighted by Gasteiger charge is 2.17. The van der Waals surface area contributed by atoms with Gasteiger partial charge in [-0.1, -0.05) is 23.8 Å². The van der Waals surface area contributed by atoms with Crippen LogP contribution in [0.25, 0.3) is 27.7 Å². The van der Waals surface area contributed by atoms with Gasteiger partial charge >= 0.3 is 6.09 Å². The summed E-state index contributed by atoms with van der Waals surface area (Å²) in [5.41, 5.74) is 13.2. The maximum absolute atomic E-state index is 11.6. The van der Waals surface area contributed by atoms with Crippen molar-refractivity contribution in [1.82, 2.24) is 9.38 Å². The lowest BCUT2D eigenvalue weighted by molar-refractivity contribution is 0.187. The fraction of sp³-hybridized carbons (Fsp3) is 0.182. The van der Waals surface area contributed by atoms with E-state index in [1.165, 1.54) is 12.7 Å². The first-order valence-electron chi connectivity index (χ1n) is 9.02. The molecule has 0 atom stereocenters. The van der Waals surface area contributed by atoms with Gasteiger partial charge in [-0.2, -0.15) is 0 Å². The number of nitrogens with zero attached hydrogens (tertiary/aromatic N) is 2. The van der Waals surface area contributed by atoms with Gasteiger partial charge < -0.3 is 10.5 Å². The number of nitrogen functional groups attached to an aromatic ring is 1. The van der Waals surface area contributed by atoms with Crippen LogP contribution < -0.4 is 11.1 Å². The van der Waals surface area contributed by atoms with E-state index in [0.717, 1.165) is 38.8 Å². The Hall–Kier alpha value is -3.54. The molecule has 2 aromatic heterocycles. The van der Waals surface area contributed by atoms with Gasteiger partial charge in [0.15, 0.2) is 0 Å². The molecule has 3 N–H and O–H groups in total. The second-order valence-electron chi connectivity index (χ2n) is 7.05. The van der Waals surface area contributed by atoms with Crippen LogP contribution in [0, 0.1) is 20.8 Å². The van der Waals surface area contributed by atoms with E-state index < -0.39 is 6.09 Å². The van der Waals surface area contributed by atoms with Crippen LogP contribution in [0.3, 0.4) is 0 Å². The number of amides is 1. The van der Waals surface area contributed by atoms with Crippen molar-refractivity contribution in [2.45, 2.75) is 20.8 Å². The summed E-state index contributed by atoms with van der Waals surface area (Å²) >= 11 is 0. The van der Waals surface area contributed by atoms with Gasteiger partial charge in [-0.3, -0.25) is 9.72 Å². The number of aromatic nitrogens is 2. The molecule has 142 valence electrons. The first kappa shape index (κ1) is 17.9. The standard InChI is InChI=1S/C22H22N4O2/c1-12-9-13(2)18(14(3)10-12)19-20(23)26-8-7-15-5-6-16(24-22(27)28-4)11-17(15)21(26)25-19/h5-11H,23H2,1-4H3,(H,24,27). The number of ether oxygens (including phenoxy) is 1. The highest BCUT2D eigenvalue weighted by atomic mass is 16.5. The third-order valence-corrected chi connectivity index (χ3v) is 4.99. The number of aryl methyl sites for hydroxylation is 3. The molecule has 6 heteroatoms. The summed E-state index contributed by atoms with van der Waals surface area (Å²) in [5, 5.41) is 4.61. The molecule has 4 rings (SSSR count). The van der Waals surface area contributed by atoms with Crippen LogP contribution in [0.1, 0.15) is 16.7 Å². The molecule has 0 fully saturated rings. The Balaban J connectivity index is 1.96. The lowest BCUT2D eigenvalue weighted by Gasteiger charge is -2.09. The summed E-state index contributed by atoms with van der Waals surface area (Å²) < 4.78 is 6.57. The predicted molar refractivity (Wildman–Crippen MR) is 113 cm³/mol. The molecular formula is C22H22N4O2. The molecule has 0 bridgehead atoms. The number of nitrogens with two attached hydrogens (primary N) is 1. The van der Waals surface area contributed by atoms with E-state index in [9.17, 15) is 4.79 Å². The molecule has 2 aromatic carbocycles. The first-order valence-corrected chi connectivity index (χ1v) is 9.02. The predicted octanol–water partition coefficient (Wildman–Crippen LogP) is 4.84. The van der Waals surface area contributed by atoms with Crippen LogP contribution in [0.15, 0.2) is 42.6 Å². The number of benzene rings is 2. The lowest BCUT2D eigenvalue weighted by atomic mass is 9.97. The summed E-state index contributed by atoms with van der Waals surface area (Å²) in [6.45, 7) is 6.24. The number of fused-ring (bicyclic) bond motifs is 3. The second kappa shape index (κ2) is 6.56. The minimum absolute atomic E-state index is 0.513. The van der Waals surface area contributed by atoms with Crippen LogP contribution in [0.5, 0.6) is 0 Å². The van der Waals surface area contributed by atoms with Crippen molar-refractivity contribution in [3.8, 4) is 11.3 Å². The Morgan fingerprint density at radius 3 is 2.50 bits per heavy atom. The molecule has 0 unspecified atom stereocenters. The fourth-order valence-electron chi connectivity index (χ4n) is 3.82. The first-order chi connectivity index (χ1) is 13.4. The van der Waals surface area contributed by atoms with Crippen LogP contribution >= 0.6 is 0 Å². The topological polar surface area (TPSA) is 81.6 Å². The minimum atomic E-state index is -0.513. The molecule has 6 nitrogen and oxygen atoms in total. The number of hydrogen-bond donors (Lipinski definition) is 2. The number of pyridine rings is 1. The van der Waals surface area contributed by atoms with E-state index in [0.29, 0.717) is 11.5 Å². The maximum atomic E-state index is 11.6. The van der Waals surface area contributed by atoms with Crippen LogP contribution in [-0.4, -0.2) is 22.6 Å². The minimum Gasteiger partial charge on any atom is -0.453 e. The molecule has 1 amide bonds. The molecule has 0 aliphatic carbocycles. The maximum Gasteiger partial charge on any atom is 0.411 e. The molecule has 0 spiro atoms. The quantitative estimate of drug-likeness (QED) is 0.526. The van der Waals surface area contributed by atoms with Crippen molar-refractivity contribution >= 4 is 34.0 Å². The lowest BCUT2D eigenvalue weighted by Crippen LogP contribution is -2.10. The third kappa shape index (κ3) is 2.83. The SMILES string of the molecule is COC(=O)Nc1ccc2ccn3c(N)c(-c4c(C)cc(C)cc4C)nc3c2c1. The molecular weight excluding hydrogens is 352 g/mol. The van der Waals surface area contributed by atoms with E-state index in [2.05, 4.69) is 43.0 Å². The summed E-state index contributed by atoms with van der Waals surface area (Å²) in [5.74, 6) is 0.596. The molecule has 0 aliphatic rings. The van der Waals surface area contributed by atoms with Gasteiger partial charge in [0, 0.05) is 22.8 Å². The highest BCUT2D eigenvalue weighted by Crippen LogP contribution is 2.35. The average molecular weight is 374 g/mol. The van der Waals surface area contributed by atoms with Crippen molar-refractivity contribution in [1.29, 1.82) is 0 Å². The summed E-state index contributed by atoms with van der Waals surface area (Å²) in [6, 6.07) is 11.9. The Labute approximate surface area is 162 Å². The van der Waals surface area contributed by atoms with E-state index >= 15 is 0 Å². The van der Waals surface area contributed by atoms with Gasteiger partial charge in [-0.25, -0.2) is 9.78 Å². The van der Waals surface area contributed by atoms with E-state index in [1.54, 1.807) is 0 Å². The zero-order valence-corrected chi connectivity index (χ0v) is 16.3. The average Bonchev–Trinajstić information content (AvgIpc) is 2.98. The largest absolute Gasteiger partial charge is 0.453 e. The van der Waals surface area contributed by atoms with E-state index in [-0.39, 0.29) is 0 Å². The molecule has 0 saturated carbocycles. The molecule has 0 radical (unpaired) electrons. The van der Waals surface area contributed by atoms with Crippen molar-refractivity contribution in [2.24, 2.45) is 0 Å². The molecule has 2 heterocycles. The number of anilines is 2. The summed E-state index contributed by atoms with van der Waals surface area (Å²) in [6.07, 6.45) is 1.41. The monoisotopic (exact) mass is 374 g/mol. The van der Waals surface area contributed by atoms with E-state index in [1.807, 2.05) is 34.9 Å². The van der Waals surface area contributed by atoms with Crippen molar-refractivity contribution in [2.75, 3.05) is 18.2 Å². The van der Waals surface area contributed by atoms with Gasteiger partial charge in [0.2, 0.25) is 0 Å². The fourth-order valence-corrected chi connectivity index (χ4v) is 3.82. The number of methoxy groups -OCH3 is 1. The number of imidazole rings is 1. The molecule has 4 aromatic rings. The zero-order chi connectivity index (χ0) is 20.0. The summed E-state index contributed by atoms with van der Waals surface area (Å²) in [7, 11) is 1.34. The Morgan fingerprint density at radius 1 is 1.11 bits per heavy atom. The smallest absolute Gasteiger partial charge is 0.411 e. The van der Waals surface area contributed by atoms with Crippen molar-refractivity contribution in [3.63, 3.8) is 0 Å². The van der Waals surface area contributed by atoms with Crippen LogP contribution in [0.2, 0.25) is 0 Å². The second-order valence-corrected chi connectivity index (χ2v) is 7.05. The normalized spacial score (nSPS) is 11.1. The number of carbonyl (C=O) groups excluding carboxylic acids is 1. The Kier molecular flexibility index (Phi) is 4.19. The highest BCUT2D eigenvalue weighted by molar-refractivity contribution is 6.00. The Bertz CT molecular complexity index is 1220. The van der Waals surface area contributed by atoms with Gasteiger partial charge in [-0.15, -0.1) is 0 Å². The van der Waals surface area contributed by atoms with Gasteiger partial charge in [0.1, 0.15) is 17.2 Å². The van der Waals surface area contributed by atoms with Gasteiger partial charge in [-0.05, 0) is 55.5 Å². The number of hydrogen-bond acceptors (Lipinski definition) is 4. The van der Waals surface area contributed by atoms with E-state index in [4.69, 9.17) is 10.7 Å². The van der Waals surface area contributed by atoms with Crippen molar-refractivity contribution < 1.29 is 9.53 Å². The van der Waals surface area contributed by atoms with Crippen LogP contribution in [0.4, 0.5) is 16.3 Å². The van der Waals surface area contributed by atoms with Gasteiger partial charge in [0.25, 0.3) is 0 Å². The Morgan fingerprint density at radius 2 is 1.82 bits per heavy atom. The zero-order valence-electron chi connectivity index (χ0n) is 16.3. The summed E-state index contributed by atoms with van der Waals surface area (Å²) in [4.78, 5) is 16.4. The number of nitrogens with one attached hydrogen (secondary N) is 1. The number of carbonyl (C=O) groups is 1. The van der Waals surface area contributed by atoms with Crippen molar-refractivity contribution in [3.05, 3.63) is 59.3 Å².